The predicted octanol–water partition coefficient (Wildman–Crippen LogP) is 1.56. The van der Waals surface area contributed by atoms with Crippen molar-refractivity contribution >= 4 is 11.6 Å². The molecule has 4 heteroatoms. The highest BCUT2D eigenvalue weighted by Crippen LogP contribution is 2.26. The minimum absolute atomic E-state index is 0.0731. The summed E-state index contributed by atoms with van der Waals surface area (Å²) in [5, 5.41) is 0. The van der Waals surface area contributed by atoms with Crippen LogP contribution < -0.4 is 10.6 Å². The third-order valence-corrected chi connectivity index (χ3v) is 3.43. The molecule has 1 aromatic heterocycles. The normalized spacial score (nSPS) is 24.4. The van der Waals surface area contributed by atoms with Gasteiger partial charge >= 0.3 is 0 Å². The molecule has 2 atom stereocenters. The van der Waals surface area contributed by atoms with Crippen molar-refractivity contribution in [3.05, 3.63) is 24.5 Å². The van der Waals surface area contributed by atoms with Gasteiger partial charge in [0.15, 0.2) is 0 Å². The molecular formula is C13H19N3O. The van der Waals surface area contributed by atoms with Crippen LogP contribution in [0.5, 0.6) is 0 Å². The van der Waals surface area contributed by atoms with E-state index < -0.39 is 0 Å². The molecule has 0 aliphatic heterocycles. The van der Waals surface area contributed by atoms with Gasteiger partial charge in [-0.3, -0.25) is 9.78 Å². The molecule has 2 unspecified atom stereocenters. The van der Waals surface area contributed by atoms with Crippen LogP contribution in [-0.4, -0.2) is 24.0 Å². The van der Waals surface area contributed by atoms with Crippen molar-refractivity contribution in [2.24, 2.45) is 11.7 Å². The molecule has 1 aromatic rings. The number of anilines is 1. The monoisotopic (exact) mass is 233 g/mol. The third kappa shape index (κ3) is 2.82. The van der Waals surface area contributed by atoms with Crippen molar-refractivity contribution in [3.63, 3.8) is 0 Å². The van der Waals surface area contributed by atoms with Crippen LogP contribution in [0, 0.1) is 5.92 Å². The van der Waals surface area contributed by atoms with E-state index >= 15 is 0 Å². The van der Waals surface area contributed by atoms with Gasteiger partial charge in [0.25, 0.3) is 0 Å². The smallest absolute Gasteiger partial charge is 0.229 e. The fourth-order valence-corrected chi connectivity index (χ4v) is 2.41. The average molecular weight is 233 g/mol. The number of hydrogen-bond donors (Lipinski definition) is 1. The van der Waals surface area contributed by atoms with Crippen molar-refractivity contribution in [2.75, 3.05) is 11.9 Å². The van der Waals surface area contributed by atoms with Crippen LogP contribution in [0.3, 0.4) is 0 Å². The van der Waals surface area contributed by atoms with Crippen molar-refractivity contribution in [1.29, 1.82) is 0 Å². The molecule has 1 fully saturated rings. The van der Waals surface area contributed by atoms with Gasteiger partial charge in [0.1, 0.15) is 0 Å². The minimum Gasteiger partial charge on any atom is -0.328 e. The Bertz CT molecular complexity index is 380. The molecule has 92 valence electrons. The molecular weight excluding hydrogens is 214 g/mol. The molecule has 1 saturated carbocycles. The van der Waals surface area contributed by atoms with Gasteiger partial charge in [-0.05, 0) is 31.4 Å². The molecule has 1 heterocycles. The summed E-state index contributed by atoms with van der Waals surface area (Å²) in [4.78, 5) is 18.0. The van der Waals surface area contributed by atoms with E-state index in [4.69, 9.17) is 5.73 Å². The summed E-state index contributed by atoms with van der Waals surface area (Å²) in [5.74, 6) is 0.233. The van der Waals surface area contributed by atoms with E-state index in [9.17, 15) is 4.79 Å². The molecule has 17 heavy (non-hydrogen) atoms. The Morgan fingerprint density at radius 2 is 2.35 bits per heavy atom. The second-order valence-electron chi connectivity index (χ2n) is 4.73. The van der Waals surface area contributed by atoms with Crippen LogP contribution in [0.15, 0.2) is 24.5 Å². The largest absolute Gasteiger partial charge is 0.328 e. The Balaban J connectivity index is 2.04. The molecule has 2 N–H and O–H groups in total. The SMILES string of the molecule is CN(C(=O)C1CCCC(N)C1)c1cccnc1. The number of rotatable bonds is 2. The van der Waals surface area contributed by atoms with Crippen molar-refractivity contribution in [3.8, 4) is 0 Å². The lowest BCUT2D eigenvalue weighted by molar-refractivity contribution is -0.123. The van der Waals surface area contributed by atoms with Gasteiger partial charge in [-0.15, -0.1) is 0 Å². The Kier molecular flexibility index (Phi) is 3.74. The molecule has 1 aliphatic carbocycles. The van der Waals surface area contributed by atoms with E-state index in [2.05, 4.69) is 4.98 Å². The second kappa shape index (κ2) is 5.27. The molecule has 0 bridgehead atoms. The molecule has 2 rings (SSSR count). The Labute approximate surface area is 102 Å². The van der Waals surface area contributed by atoms with Gasteiger partial charge in [-0.2, -0.15) is 0 Å². The molecule has 0 saturated heterocycles. The second-order valence-corrected chi connectivity index (χ2v) is 4.73. The molecule has 0 radical (unpaired) electrons. The third-order valence-electron chi connectivity index (χ3n) is 3.43. The highest BCUT2D eigenvalue weighted by Gasteiger charge is 2.27. The van der Waals surface area contributed by atoms with E-state index in [1.807, 2.05) is 12.1 Å². The minimum atomic E-state index is 0.0731. The first-order chi connectivity index (χ1) is 8.18. The molecule has 0 aromatic carbocycles. The molecule has 1 aliphatic rings. The zero-order valence-electron chi connectivity index (χ0n) is 10.2. The summed E-state index contributed by atoms with van der Waals surface area (Å²) in [5.41, 5.74) is 6.76. The maximum absolute atomic E-state index is 12.3. The Morgan fingerprint density at radius 3 is 3.00 bits per heavy atom. The van der Waals surface area contributed by atoms with Crippen LogP contribution in [0.25, 0.3) is 0 Å². The molecule has 1 amide bonds. The van der Waals surface area contributed by atoms with Crippen LogP contribution in [0.1, 0.15) is 25.7 Å². The van der Waals surface area contributed by atoms with Gasteiger partial charge in [0.05, 0.1) is 11.9 Å². The highest BCUT2D eigenvalue weighted by molar-refractivity contribution is 5.94. The van der Waals surface area contributed by atoms with Crippen LogP contribution in [-0.2, 0) is 4.79 Å². The van der Waals surface area contributed by atoms with Gasteiger partial charge in [0.2, 0.25) is 5.91 Å². The summed E-state index contributed by atoms with van der Waals surface area (Å²) in [6.07, 6.45) is 7.28. The summed E-state index contributed by atoms with van der Waals surface area (Å²) in [7, 11) is 1.81. The number of amides is 1. The number of carbonyl (C=O) groups excluding carboxylic acids is 1. The number of aromatic nitrogens is 1. The maximum atomic E-state index is 12.3. The fourth-order valence-electron chi connectivity index (χ4n) is 2.41. The zero-order valence-corrected chi connectivity index (χ0v) is 10.2. The van der Waals surface area contributed by atoms with E-state index in [0.717, 1.165) is 31.4 Å². The van der Waals surface area contributed by atoms with Gasteiger partial charge in [-0.25, -0.2) is 0 Å². The summed E-state index contributed by atoms with van der Waals surface area (Å²) in [6.45, 7) is 0. The Morgan fingerprint density at radius 1 is 1.53 bits per heavy atom. The molecule has 4 nitrogen and oxygen atoms in total. The topological polar surface area (TPSA) is 59.2 Å². The van der Waals surface area contributed by atoms with Gasteiger partial charge in [-0.1, -0.05) is 6.42 Å². The summed E-state index contributed by atoms with van der Waals surface area (Å²) < 4.78 is 0. The van der Waals surface area contributed by atoms with Crippen molar-refractivity contribution in [2.45, 2.75) is 31.7 Å². The number of nitrogens with zero attached hydrogens (tertiary/aromatic N) is 2. The van der Waals surface area contributed by atoms with Crippen molar-refractivity contribution < 1.29 is 4.79 Å². The summed E-state index contributed by atoms with van der Waals surface area (Å²) >= 11 is 0. The first-order valence-corrected chi connectivity index (χ1v) is 6.11. The molecule has 0 spiro atoms. The summed E-state index contributed by atoms with van der Waals surface area (Å²) in [6, 6.07) is 3.92. The quantitative estimate of drug-likeness (QED) is 0.843. The Hall–Kier alpha value is -1.42. The first-order valence-electron chi connectivity index (χ1n) is 6.11. The van der Waals surface area contributed by atoms with Crippen LogP contribution in [0.4, 0.5) is 5.69 Å². The lowest BCUT2D eigenvalue weighted by atomic mass is 9.85. The van der Waals surface area contributed by atoms with Crippen molar-refractivity contribution in [1.82, 2.24) is 4.98 Å². The number of hydrogen-bond acceptors (Lipinski definition) is 3. The van der Waals surface area contributed by atoms with Crippen LogP contribution >= 0.6 is 0 Å². The highest BCUT2D eigenvalue weighted by atomic mass is 16.2. The van der Waals surface area contributed by atoms with E-state index in [1.54, 1.807) is 24.3 Å². The number of nitrogens with two attached hydrogens (primary N) is 1. The van der Waals surface area contributed by atoms with Gasteiger partial charge in [0, 0.05) is 25.2 Å². The van der Waals surface area contributed by atoms with Gasteiger partial charge < -0.3 is 10.6 Å². The first kappa shape index (κ1) is 12.0. The lowest BCUT2D eigenvalue weighted by Crippen LogP contribution is -2.38. The standard InChI is InChI=1S/C13H19N3O/c1-16(12-6-3-7-15-9-12)13(17)10-4-2-5-11(14)8-10/h3,6-7,9-11H,2,4-5,8,14H2,1H3. The zero-order chi connectivity index (χ0) is 12.3. The number of pyridine rings is 1. The fraction of sp³-hybridized carbons (Fsp3) is 0.538. The predicted molar refractivity (Wildman–Crippen MR) is 67.6 cm³/mol. The van der Waals surface area contributed by atoms with E-state index in [-0.39, 0.29) is 17.9 Å². The number of carbonyl (C=O) groups is 1. The lowest BCUT2D eigenvalue weighted by Gasteiger charge is -2.29. The maximum Gasteiger partial charge on any atom is 0.229 e. The van der Waals surface area contributed by atoms with E-state index in [0.29, 0.717) is 0 Å². The van der Waals surface area contributed by atoms with Crippen LogP contribution in [0.2, 0.25) is 0 Å². The average Bonchev–Trinajstić information content (AvgIpc) is 2.38. The van der Waals surface area contributed by atoms with E-state index in [1.165, 1.54) is 0 Å².